The van der Waals surface area contributed by atoms with E-state index in [0.29, 0.717) is 0 Å². The standard InChI is InChI=1S/C27H54Cl3FSi/c1-2-3-4-5-6-7-8-9-10-11-12-13-15-18-21-24-27(31)25-22-19-16-14-17-20-23-26-32(28,29)30/h27H,2-26H2,1H3. The minimum absolute atomic E-state index is 0.578. The van der Waals surface area contributed by atoms with Crippen LogP contribution in [0.4, 0.5) is 4.39 Å². The highest BCUT2D eigenvalue weighted by Gasteiger charge is 2.23. The summed E-state index contributed by atoms with van der Waals surface area (Å²) in [7, 11) is 0. The summed E-state index contributed by atoms with van der Waals surface area (Å²) < 4.78 is 14.0. The normalized spacial score (nSPS) is 13.0. The van der Waals surface area contributed by atoms with Gasteiger partial charge in [0.15, 0.2) is 0 Å². The Balaban J connectivity index is 3.17. The molecule has 32 heavy (non-hydrogen) atoms. The van der Waals surface area contributed by atoms with E-state index in [1.54, 1.807) is 0 Å². The third-order valence-corrected chi connectivity index (χ3v) is 9.22. The second-order valence-corrected chi connectivity index (χ2v) is 19.2. The molecule has 0 bridgehead atoms. The molecule has 0 aliphatic rings. The van der Waals surface area contributed by atoms with Crippen LogP contribution in [0, 0.1) is 0 Å². The van der Waals surface area contributed by atoms with Crippen molar-refractivity contribution in [1.29, 1.82) is 0 Å². The number of alkyl halides is 1. The Bertz CT molecular complexity index is 363. The summed E-state index contributed by atoms with van der Waals surface area (Å²) in [5.41, 5.74) is 0. The molecule has 0 aromatic carbocycles. The van der Waals surface area contributed by atoms with Crippen LogP contribution >= 0.6 is 33.2 Å². The summed E-state index contributed by atoms with van der Waals surface area (Å²) in [6, 6.07) is -1.63. The molecule has 0 aromatic heterocycles. The van der Waals surface area contributed by atoms with Gasteiger partial charge in [0.2, 0.25) is 0 Å². The van der Waals surface area contributed by atoms with Crippen LogP contribution in [0.15, 0.2) is 0 Å². The third kappa shape index (κ3) is 29.0. The summed E-state index contributed by atoms with van der Waals surface area (Å²) in [4.78, 5) is 0. The number of unbranched alkanes of at least 4 members (excludes halogenated alkanes) is 20. The monoisotopic (exact) mass is 530 g/mol. The van der Waals surface area contributed by atoms with Gasteiger partial charge in [0.1, 0.15) is 6.17 Å². The van der Waals surface area contributed by atoms with Gasteiger partial charge in [-0.15, -0.1) is 33.2 Å². The van der Waals surface area contributed by atoms with Crippen LogP contribution in [0.25, 0.3) is 0 Å². The molecular formula is C27H54Cl3FSi. The summed E-state index contributed by atoms with van der Waals surface area (Å²) in [5, 5.41) is 0. The molecule has 0 fully saturated rings. The fourth-order valence-electron chi connectivity index (χ4n) is 4.46. The smallest absolute Gasteiger partial charge is 0.247 e. The second-order valence-electron chi connectivity index (χ2n) is 9.96. The molecule has 0 aliphatic carbocycles. The van der Waals surface area contributed by atoms with E-state index < -0.39 is 12.2 Å². The van der Waals surface area contributed by atoms with Crippen LogP contribution in [0.5, 0.6) is 0 Å². The predicted molar refractivity (Wildman–Crippen MR) is 149 cm³/mol. The lowest BCUT2D eigenvalue weighted by molar-refractivity contribution is 0.279. The molecule has 0 aliphatic heterocycles. The van der Waals surface area contributed by atoms with Gasteiger partial charge in [-0.25, -0.2) is 4.39 Å². The Kier molecular flexibility index (Phi) is 25.9. The van der Waals surface area contributed by atoms with E-state index in [0.717, 1.165) is 44.6 Å². The van der Waals surface area contributed by atoms with Crippen molar-refractivity contribution < 1.29 is 4.39 Å². The van der Waals surface area contributed by atoms with Crippen LogP contribution in [0.2, 0.25) is 6.04 Å². The highest BCUT2D eigenvalue weighted by atomic mass is 35.8. The molecule has 0 saturated heterocycles. The molecular weight excluding hydrogens is 478 g/mol. The van der Waals surface area contributed by atoms with Crippen LogP contribution in [-0.2, 0) is 0 Å². The first-order valence-corrected chi connectivity index (χ1v) is 19.4. The molecule has 0 aromatic rings. The molecule has 0 nitrogen and oxygen atoms in total. The highest BCUT2D eigenvalue weighted by Crippen LogP contribution is 2.27. The minimum atomic E-state index is -2.41. The molecule has 5 heteroatoms. The highest BCUT2D eigenvalue weighted by molar-refractivity contribution is 7.64. The first kappa shape index (κ1) is 33.0. The Hall–Kier alpha value is 1.02. The molecule has 0 rings (SSSR count). The van der Waals surface area contributed by atoms with Crippen LogP contribution in [0.3, 0.4) is 0 Å². The minimum Gasteiger partial charge on any atom is -0.247 e. The number of halogens is 4. The van der Waals surface area contributed by atoms with Crippen molar-refractivity contribution >= 4 is 39.2 Å². The fourth-order valence-corrected chi connectivity index (χ4v) is 6.31. The van der Waals surface area contributed by atoms with Gasteiger partial charge in [0.25, 0.3) is 0 Å². The summed E-state index contributed by atoms with van der Waals surface area (Å²) in [6.07, 6.45) is 29.5. The van der Waals surface area contributed by atoms with Crippen molar-refractivity contribution in [2.45, 2.75) is 173 Å². The quantitative estimate of drug-likeness (QED) is 0.0591. The van der Waals surface area contributed by atoms with Crippen molar-refractivity contribution in [1.82, 2.24) is 0 Å². The lowest BCUT2D eigenvalue weighted by Gasteiger charge is -2.09. The van der Waals surface area contributed by atoms with E-state index in [9.17, 15) is 4.39 Å². The summed E-state index contributed by atoms with van der Waals surface area (Å²) in [6.45, 7) is 2.28. The number of hydrogen-bond donors (Lipinski definition) is 0. The molecule has 0 saturated carbocycles. The molecule has 0 heterocycles. The molecule has 1 atom stereocenters. The van der Waals surface area contributed by atoms with E-state index in [1.807, 2.05) is 0 Å². The van der Waals surface area contributed by atoms with E-state index in [1.165, 1.54) is 116 Å². The van der Waals surface area contributed by atoms with E-state index in [4.69, 9.17) is 33.2 Å². The zero-order chi connectivity index (χ0) is 23.8. The van der Waals surface area contributed by atoms with Crippen molar-refractivity contribution in [2.75, 3.05) is 0 Å². The summed E-state index contributed by atoms with van der Waals surface area (Å²) >= 11 is 17.7. The zero-order valence-electron chi connectivity index (χ0n) is 21.3. The van der Waals surface area contributed by atoms with Crippen molar-refractivity contribution in [3.05, 3.63) is 0 Å². The maximum Gasteiger partial charge on any atom is 0.341 e. The summed E-state index contributed by atoms with van der Waals surface area (Å²) in [5.74, 6) is 0. The average molecular weight is 532 g/mol. The lowest BCUT2D eigenvalue weighted by Crippen LogP contribution is -2.07. The van der Waals surface area contributed by atoms with Gasteiger partial charge in [0, 0.05) is 0 Å². The van der Waals surface area contributed by atoms with Crippen LogP contribution in [0.1, 0.15) is 161 Å². The SMILES string of the molecule is CCCCCCCCCCCCCCCCCC(F)CCCCCCCCC[Si](Cl)(Cl)Cl. The van der Waals surface area contributed by atoms with Crippen LogP contribution < -0.4 is 0 Å². The van der Waals surface area contributed by atoms with Gasteiger partial charge < -0.3 is 0 Å². The Morgan fingerprint density at radius 3 is 1.06 bits per heavy atom. The topological polar surface area (TPSA) is 0 Å². The number of rotatable bonds is 26. The van der Waals surface area contributed by atoms with Gasteiger partial charge in [-0.05, 0) is 18.9 Å². The fraction of sp³-hybridized carbons (Fsp3) is 1.00. The molecule has 0 amide bonds. The van der Waals surface area contributed by atoms with E-state index >= 15 is 0 Å². The van der Waals surface area contributed by atoms with Gasteiger partial charge in [-0.3, -0.25) is 0 Å². The van der Waals surface area contributed by atoms with Gasteiger partial charge in [0.05, 0.1) is 0 Å². The number of hydrogen-bond acceptors (Lipinski definition) is 0. The maximum absolute atomic E-state index is 14.0. The van der Waals surface area contributed by atoms with Gasteiger partial charge >= 0.3 is 6.00 Å². The van der Waals surface area contributed by atoms with Gasteiger partial charge in [-0.2, -0.15) is 0 Å². The molecule has 1 unspecified atom stereocenters. The Morgan fingerprint density at radius 1 is 0.469 bits per heavy atom. The Morgan fingerprint density at radius 2 is 0.750 bits per heavy atom. The lowest BCUT2D eigenvalue weighted by atomic mass is 10.0. The maximum atomic E-state index is 14.0. The van der Waals surface area contributed by atoms with E-state index in [-0.39, 0.29) is 0 Å². The van der Waals surface area contributed by atoms with Crippen molar-refractivity contribution in [3.8, 4) is 0 Å². The van der Waals surface area contributed by atoms with Crippen molar-refractivity contribution in [3.63, 3.8) is 0 Å². The molecule has 0 spiro atoms. The Labute approximate surface area is 216 Å². The predicted octanol–water partition coefficient (Wildman–Crippen LogP) is 12.4. The van der Waals surface area contributed by atoms with Crippen molar-refractivity contribution in [2.24, 2.45) is 0 Å². The van der Waals surface area contributed by atoms with E-state index in [2.05, 4.69) is 6.92 Å². The molecule has 0 N–H and O–H groups in total. The largest absolute Gasteiger partial charge is 0.341 e. The zero-order valence-corrected chi connectivity index (χ0v) is 24.5. The first-order valence-electron chi connectivity index (χ1n) is 14.2. The third-order valence-electron chi connectivity index (χ3n) is 6.60. The van der Waals surface area contributed by atoms with Gasteiger partial charge in [-0.1, -0.05) is 148 Å². The first-order chi connectivity index (χ1) is 15.5. The second kappa shape index (κ2) is 25.1. The average Bonchev–Trinajstić information content (AvgIpc) is 2.74. The van der Waals surface area contributed by atoms with Crippen LogP contribution in [-0.4, -0.2) is 12.2 Å². The molecule has 194 valence electrons. The molecule has 0 radical (unpaired) electrons.